The second kappa shape index (κ2) is 4.09. The van der Waals surface area contributed by atoms with E-state index in [9.17, 15) is 0 Å². The van der Waals surface area contributed by atoms with Gasteiger partial charge in [0.25, 0.3) is 0 Å². The van der Waals surface area contributed by atoms with Crippen molar-refractivity contribution in [1.29, 1.82) is 0 Å². The van der Waals surface area contributed by atoms with E-state index in [1.54, 1.807) is 12.5 Å². The summed E-state index contributed by atoms with van der Waals surface area (Å²) in [6.45, 7) is 3.24. The molecule has 0 saturated carbocycles. The van der Waals surface area contributed by atoms with Gasteiger partial charge in [-0.05, 0) is 12.1 Å². The van der Waals surface area contributed by atoms with Crippen LogP contribution in [0.4, 0.5) is 0 Å². The van der Waals surface area contributed by atoms with Gasteiger partial charge in [0.1, 0.15) is 5.76 Å². The summed E-state index contributed by atoms with van der Waals surface area (Å²) in [4.78, 5) is 0. The summed E-state index contributed by atoms with van der Waals surface area (Å²) in [6, 6.07) is 3.73. The zero-order valence-corrected chi connectivity index (χ0v) is 7.35. The molecule has 2 heterocycles. The lowest BCUT2D eigenvalue weighted by atomic mass is 10.5. The van der Waals surface area contributed by atoms with Crippen molar-refractivity contribution in [2.45, 2.75) is 0 Å². The quantitative estimate of drug-likeness (QED) is 0.636. The Balaban J connectivity index is 1.89. The Morgan fingerprint density at radius 2 is 2.23 bits per heavy atom. The van der Waals surface area contributed by atoms with Crippen LogP contribution >= 0.6 is 0 Å². The van der Waals surface area contributed by atoms with Crippen molar-refractivity contribution in [3.05, 3.63) is 24.2 Å². The summed E-state index contributed by atoms with van der Waals surface area (Å²) in [5.41, 5.74) is 0. The van der Waals surface area contributed by atoms with Crippen molar-refractivity contribution in [2.75, 3.05) is 26.3 Å². The monoisotopic (exact) mass is 180 g/mol. The van der Waals surface area contributed by atoms with Gasteiger partial charge in [-0.1, -0.05) is 0 Å². The molecule has 0 radical (unpaired) electrons. The molecule has 13 heavy (non-hydrogen) atoms. The summed E-state index contributed by atoms with van der Waals surface area (Å²) in [5, 5.41) is 6.24. The Hall–Kier alpha value is -1.29. The Kier molecular flexibility index (Phi) is 2.62. The highest BCUT2D eigenvalue weighted by Crippen LogP contribution is 1.99. The smallest absolute Gasteiger partial charge is 0.146 e. The van der Waals surface area contributed by atoms with Crippen molar-refractivity contribution >= 4 is 6.21 Å². The maximum Gasteiger partial charge on any atom is 0.146 e. The van der Waals surface area contributed by atoms with Gasteiger partial charge in [0, 0.05) is 0 Å². The molecule has 4 nitrogen and oxygen atoms in total. The number of morpholine rings is 1. The molecule has 1 fully saturated rings. The molecule has 1 aliphatic rings. The molecular formula is C9H12N2O2. The summed E-state index contributed by atoms with van der Waals surface area (Å²) in [5.74, 6) is 0.784. The SMILES string of the molecule is C(=N\N1CCOCC1)/c1ccco1. The third-order valence-electron chi connectivity index (χ3n) is 1.88. The van der Waals surface area contributed by atoms with Crippen molar-refractivity contribution in [3.63, 3.8) is 0 Å². The van der Waals surface area contributed by atoms with Gasteiger partial charge in [-0.15, -0.1) is 0 Å². The van der Waals surface area contributed by atoms with E-state index in [4.69, 9.17) is 9.15 Å². The van der Waals surface area contributed by atoms with Gasteiger partial charge in [0.15, 0.2) is 0 Å². The minimum atomic E-state index is 0.759. The second-order valence-electron chi connectivity index (χ2n) is 2.83. The van der Waals surface area contributed by atoms with E-state index in [2.05, 4.69) is 5.10 Å². The molecule has 0 N–H and O–H groups in total. The fourth-order valence-corrected chi connectivity index (χ4v) is 1.17. The second-order valence-corrected chi connectivity index (χ2v) is 2.83. The molecule has 0 atom stereocenters. The Morgan fingerprint density at radius 1 is 1.38 bits per heavy atom. The predicted octanol–water partition coefficient (Wildman–Crippen LogP) is 0.946. The molecule has 1 aromatic heterocycles. The van der Waals surface area contributed by atoms with Gasteiger partial charge in [0.05, 0.1) is 38.8 Å². The van der Waals surface area contributed by atoms with E-state index in [0.717, 1.165) is 32.1 Å². The summed E-state index contributed by atoms with van der Waals surface area (Å²) in [6.07, 6.45) is 3.37. The van der Waals surface area contributed by atoms with Gasteiger partial charge >= 0.3 is 0 Å². The fraction of sp³-hybridized carbons (Fsp3) is 0.444. The molecule has 1 saturated heterocycles. The van der Waals surface area contributed by atoms with Crippen LogP contribution < -0.4 is 0 Å². The molecule has 0 bridgehead atoms. The first-order valence-corrected chi connectivity index (χ1v) is 4.35. The largest absolute Gasteiger partial charge is 0.463 e. The number of rotatable bonds is 2. The van der Waals surface area contributed by atoms with Crippen LogP contribution in [0.3, 0.4) is 0 Å². The molecule has 4 heteroatoms. The van der Waals surface area contributed by atoms with Crippen LogP contribution in [0.1, 0.15) is 5.76 Å². The first-order valence-electron chi connectivity index (χ1n) is 4.35. The van der Waals surface area contributed by atoms with Crippen LogP contribution in [0.2, 0.25) is 0 Å². The van der Waals surface area contributed by atoms with Crippen LogP contribution in [0.5, 0.6) is 0 Å². The lowest BCUT2D eigenvalue weighted by molar-refractivity contribution is 0.0396. The van der Waals surface area contributed by atoms with Crippen LogP contribution in [-0.4, -0.2) is 37.5 Å². The van der Waals surface area contributed by atoms with Crippen molar-refractivity contribution in [1.82, 2.24) is 5.01 Å². The molecule has 0 spiro atoms. The minimum absolute atomic E-state index is 0.759. The number of hydrogen-bond acceptors (Lipinski definition) is 4. The van der Waals surface area contributed by atoms with Gasteiger partial charge < -0.3 is 9.15 Å². The molecule has 1 aromatic rings. The number of ether oxygens (including phenoxy) is 1. The molecule has 2 rings (SSSR count). The number of hydrogen-bond donors (Lipinski definition) is 0. The lowest BCUT2D eigenvalue weighted by Crippen LogP contribution is -2.32. The zero-order valence-electron chi connectivity index (χ0n) is 7.35. The van der Waals surface area contributed by atoms with E-state index >= 15 is 0 Å². The average Bonchev–Trinajstić information content (AvgIpc) is 2.69. The molecule has 0 aromatic carbocycles. The standard InChI is InChI=1S/C9H12N2O2/c1-2-9(13-5-1)8-10-11-3-6-12-7-4-11/h1-2,5,8H,3-4,6-7H2/b10-8+. The van der Waals surface area contributed by atoms with Crippen LogP contribution in [-0.2, 0) is 4.74 Å². The van der Waals surface area contributed by atoms with Gasteiger partial charge in [-0.25, -0.2) is 0 Å². The number of hydrazone groups is 1. The van der Waals surface area contributed by atoms with E-state index in [0.29, 0.717) is 0 Å². The highest BCUT2D eigenvalue weighted by molar-refractivity contribution is 5.75. The van der Waals surface area contributed by atoms with E-state index in [-0.39, 0.29) is 0 Å². The third-order valence-corrected chi connectivity index (χ3v) is 1.88. The maximum absolute atomic E-state index is 5.20. The lowest BCUT2D eigenvalue weighted by Gasteiger charge is -2.23. The van der Waals surface area contributed by atoms with Gasteiger partial charge in [0.2, 0.25) is 0 Å². The van der Waals surface area contributed by atoms with E-state index in [1.807, 2.05) is 17.1 Å². The summed E-state index contributed by atoms with van der Waals surface area (Å²) in [7, 11) is 0. The highest BCUT2D eigenvalue weighted by atomic mass is 16.5. The Morgan fingerprint density at radius 3 is 2.92 bits per heavy atom. The first kappa shape index (κ1) is 8.31. The average molecular weight is 180 g/mol. The topological polar surface area (TPSA) is 38.0 Å². The van der Waals surface area contributed by atoms with E-state index < -0.39 is 0 Å². The molecule has 70 valence electrons. The maximum atomic E-state index is 5.20. The van der Waals surface area contributed by atoms with Crippen molar-refractivity contribution in [3.8, 4) is 0 Å². The normalized spacial score (nSPS) is 18.3. The van der Waals surface area contributed by atoms with Crippen LogP contribution in [0.15, 0.2) is 27.9 Å². The molecular weight excluding hydrogens is 168 g/mol. The van der Waals surface area contributed by atoms with Gasteiger partial charge in [-0.3, -0.25) is 5.01 Å². The highest BCUT2D eigenvalue weighted by Gasteiger charge is 2.06. The zero-order chi connectivity index (χ0) is 8.93. The number of nitrogens with zero attached hydrogens (tertiary/aromatic N) is 2. The molecule has 0 unspecified atom stereocenters. The van der Waals surface area contributed by atoms with Crippen molar-refractivity contribution in [2.24, 2.45) is 5.10 Å². The van der Waals surface area contributed by atoms with E-state index in [1.165, 1.54) is 0 Å². The predicted molar refractivity (Wildman–Crippen MR) is 48.7 cm³/mol. The number of furan rings is 1. The molecule has 0 amide bonds. The Labute approximate surface area is 76.8 Å². The molecule has 0 aliphatic carbocycles. The fourth-order valence-electron chi connectivity index (χ4n) is 1.17. The summed E-state index contributed by atoms with van der Waals surface area (Å²) >= 11 is 0. The Bertz CT molecular complexity index is 263. The van der Waals surface area contributed by atoms with Crippen molar-refractivity contribution < 1.29 is 9.15 Å². The van der Waals surface area contributed by atoms with Crippen LogP contribution in [0, 0.1) is 0 Å². The van der Waals surface area contributed by atoms with Crippen LogP contribution in [0.25, 0.3) is 0 Å². The third kappa shape index (κ3) is 2.32. The minimum Gasteiger partial charge on any atom is -0.463 e. The first-order chi connectivity index (χ1) is 6.45. The molecule has 1 aliphatic heterocycles. The van der Waals surface area contributed by atoms with Gasteiger partial charge in [-0.2, -0.15) is 5.10 Å². The summed E-state index contributed by atoms with van der Waals surface area (Å²) < 4.78 is 10.3.